The summed E-state index contributed by atoms with van der Waals surface area (Å²) in [6.45, 7) is 0. The minimum Gasteiger partial charge on any atom is -0.322 e. The van der Waals surface area contributed by atoms with Crippen LogP contribution in [0, 0.1) is 30.5 Å². The molecule has 0 aliphatic rings. The first-order valence-corrected chi connectivity index (χ1v) is 10.1. The summed E-state index contributed by atoms with van der Waals surface area (Å²) in [4.78, 5) is 26.2. The fourth-order valence-corrected chi connectivity index (χ4v) is 3.09. The van der Waals surface area contributed by atoms with Gasteiger partial charge >= 0.3 is 0 Å². The number of benzene rings is 3. The van der Waals surface area contributed by atoms with Gasteiger partial charge in [0.25, 0.3) is 5.91 Å². The second-order valence-electron chi connectivity index (χ2n) is 7.33. The van der Waals surface area contributed by atoms with Crippen LogP contribution in [0.25, 0.3) is 0 Å². The maximum Gasteiger partial charge on any atom is 0.257 e. The van der Waals surface area contributed by atoms with Crippen LogP contribution in [0.15, 0.2) is 65.8 Å². The predicted molar refractivity (Wildman–Crippen MR) is 133 cm³/mol. The van der Waals surface area contributed by atoms with Gasteiger partial charge < -0.3 is 10.3 Å². The zero-order valence-corrected chi connectivity index (χ0v) is 18.6. The van der Waals surface area contributed by atoms with Gasteiger partial charge in [-0.3, -0.25) is 14.5 Å². The third-order valence-corrected chi connectivity index (χ3v) is 4.75. The van der Waals surface area contributed by atoms with Gasteiger partial charge in [-0.1, -0.05) is 17.9 Å². The Hall–Kier alpha value is -4.88. The molecule has 2 amide bonds. The van der Waals surface area contributed by atoms with E-state index in [9.17, 15) is 14.0 Å². The van der Waals surface area contributed by atoms with Gasteiger partial charge in [-0.15, -0.1) is 12.8 Å². The monoisotopic (exact) mass is 452 g/mol. The third-order valence-electron chi connectivity index (χ3n) is 4.75. The molecule has 3 aromatic rings. The van der Waals surface area contributed by atoms with Crippen LogP contribution in [0.1, 0.15) is 27.0 Å². The van der Waals surface area contributed by atoms with Crippen LogP contribution in [0.5, 0.6) is 0 Å². The third kappa shape index (κ3) is 5.48. The first-order chi connectivity index (χ1) is 16.4. The molecule has 168 valence electrons. The molecule has 3 aromatic carbocycles. The van der Waals surface area contributed by atoms with Crippen LogP contribution >= 0.6 is 0 Å². The van der Waals surface area contributed by atoms with Gasteiger partial charge in [0.2, 0.25) is 6.41 Å². The minimum absolute atomic E-state index is 0.0297. The molecule has 0 aromatic heterocycles. The Bertz CT molecular complexity index is 1330. The van der Waals surface area contributed by atoms with Crippen molar-refractivity contribution < 1.29 is 14.0 Å². The van der Waals surface area contributed by atoms with E-state index >= 15 is 0 Å². The van der Waals surface area contributed by atoms with Crippen molar-refractivity contribution >= 4 is 35.6 Å². The predicted octanol–water partition coefficient (Wildman–Crippen LogP) is 4.23. The molecular weight excluding hydrogens is 431 g/mol. The van der Waals surface area contributed by atoms with Crippen molar-refractivity contribution in [3.8, 4) is 24.7 Å². The van der Waals surface area contributed by atoms with Crippen LogP contribution < -0.4 is 10.2 Å². The lowest BCUT2D eigenvalue weighted by Crippen LogP contribution is -2.21. The van der Waals surface area contributed by atoms with Crippen LogP contribution in [-0.2, 0) is 4.79 Å². The van der Waals surface area contributed by atoms with Crippen molar-refractivity contribution in [2.75, 3.05) is 24.3 Å². The summed E-state index contributed by atoms with van der Waals surface area (Å²) in [6.07, 6.45) is 12.8. The van der Waals surface area contributed by atoms with Crippen LogP contribution in [-0.4, -0.2) is 37.6 Å². The number of anilines is 3. The van der Waals surface area contributed by atoms with Crippen molar-refractivity contribution in [2.24, 2.45) is 5.10 Å². The smallest absolute Gasteiger partial charge is 0.257 e. The Labute approximate surface area is 197 Å². The van der Waals surface area contributed by atoms with E-state index in [-0.39, 0.29) is 16.9 Å². The highest BCUT2D eigenvalue weighted by Crippen LogP contribution is 2.31. The summed E-state index contributed by atoms with van der Waals surface area (Å²) in [5, 5.41) is 8.39. The minimum atomic E-state index is -0.660. The number of halogens is 1. The lowest BCUT2D eigenvalue weighted by atomic mass is 10.1. The summed E-state index contributed by atoms with van der Waals surface area (Å²) in [5.41, 5.74) is 2.33. The second-order valence-corrected chi connectivity index (χ2v) is 7.33. The lowest BCUT2D eigenvalue weighted by Gasteiger charge is -2.22. The van der Waals surface area contributed by atoms with E-state index < -0.39 is 11.7 Å². The van der Waals surface area contributed by atoms with Crippen LogP contribution in [0.2, 0.25) is 0 Å². The number of carbonyl (C=O) groups excluding carboxylic acids is 2. The number of hydrogen-bond acceptors (Lipinski definition) is 4. The standard InChI is InChI=1S/C27H21FN4O2/c1-5-19-7-11-22(12-8-19)30-27(34)23-15-20(6-2)9-13-25(23)32(18-33)26-14-10-21(16-24(26)28)17-29-31(3)4/h1-2,7-18H,3-4H3,(H,30,34). The number of nitrogens with zero attached hydrogens (tertiary/aromatic N) is 3. The Morgan fingerprint density at radius 3 is 2.21 bits per heavy atom. The fraction of sp³-hybridized carbons (Fsp3) is 0.0741. The van der Waals surface area contributed by atoms with E-state index in [1.807, 2.05) is 0 Å². The zero-order valence-electron chi connectivity index (χ0n) is 18.6. The number of nitrogens with one attached hydrogen (secondary N) is 1. The van der Waals surface area contributed by atoms with Gasteiger partial charge in [-0.05, 0) is 60.2 Å². The summed E-state index contributed by atoms with van der Waals surface area (Å²) in [7, 11) is 3.48. The van der Waals surface area contributed by atoms with E-state index in [0.29, 0.717) is 28.8 Å². The normalized spacial score (nSPS) is 10.3. The molecule has 3 rings (SSSR count). The van der Waals surface area contributed by atoms with E-state index in [1.54, 1.807) is 55.5 Å². The molecular formula is C27H21FN4O2. The SMILES string of the molecule is C#Cc1ccc(NC(=O)c2cc(C#C)ccc2N(C=O)c2ccc(C=NN(C)C)cc2F)cc1. The molecule has 34 heavy (non-hydrogen) atoms. The van der Waals surface area contributed by atoms with Crippen molar-refractivity contribution in [2.45, 2.75) is 0 Å². The van der Waals surface area contributed by atoms with Gasteiger partial charge in [0, 0.05) is 30.9 Å². The molecule has 6 nitrogen and oxygen atoms in total. The number of hydrogen-bond donors (Lipinski definition) is 1. The van der Waals surface area contributed by atoms with Crippen molar-refractivity contribution in [1.82, 2.24) is 5.01 Å². The molecule has 7 heteroatoms. The maximum absolute atomic E-state index is 15.0. The zero-order chi connectivity index (χ0) is 24.7. The average Bonchev–Trinajstić information content (AvgIpc) is 2.84. The first-order valence-electron chi connectivity index (χ1n) is 10.1. The Kier molecular flexibility index (Phi) is 7.43. The largest absolute Gasteiger partial charge is 0.322 e. The summed E-state index contributed by atoms with van der Waals surface area (Å²) >= 11 is 0. The Morgan fingerprint density at radius 2 is 1.62 bits per heavy atom. The van der Waals surface area contributed by atoms with Gasteiger partial charge in [0.1, 0.15) is 5.82 Å². The molecule has 0 aliphatic heterocycles. The Morgan fingerprint density at radius 1 is 0.971 bits per heavy atom. The number of amides is 2. The van der Waals surface area contributed by atoms with Crippen molar-refractivity contribution in [1.29, 1.82) is 0 Å². The highest BCUT2D eigenvalue weighted by atomic mass is 19.1. The first kappa shape index (κ1) is 23.8. The van der Waals surface area contributed by atoms with E-state index in [2.05, 4.69) is 22.3 Å². The second kappa shape index (κ2) is 10.6. The van der Waals surface area contributed by atoms with E-state index in [0.717, 1.165) is 4.90 Å². The highest BCUT2D eigenvalue weighted by molar-refractivity contribution is 6.10. The van der Waals surface area contributed by atoms with Gasteiger partial charge in [0.15, 0.2) is 0 Å². The fourth-order valence-electron chi connectivity index (χ4n) is 3.09. The van der Waals surface area contributed by atoms with Gasteiger partial charge in [-0.25, -0.2) is 4.39 Å². The van der Waals surface area contributed by atoms with Gasteiger partial charge in [-0.2, -0.15) is 5.10 Å². The molecule has 0 bridgehead atoms. The quantitative estimate of drug-likeness (QED) is 0.253. The molecule has 0 fully saturated rings. The van der Waals surface area contributed by atoms with Crippen molar-refractivity contribution in [3.05, 3.63) is 88.7 Å². The Balaban J connectivity index is 2.01. The maximum atomic E-state index is 15.0. The average molecular weight is 452 g/mol. The van der Waals surface area contributed by atoms with Crippen LogP contribution in [0.3, 0.4) is 0 Å². The molecule has 0 saturated heterocycles. The molecule has 0 aliphatic carbocycles. The summed E-state index contributed by atoms with van der Waals surface area (Å²) < 4.78 is 15.0. The number of rotatable bonds is 7. The molecule has 0 heterocycles. The molecule has 0 saturated carbocycles. The van der Waals surface area contributed by atoms with Crippen molar-refractivity contribution in [3.63, 3.8) is 0 Å². The molecule has 0 radical (unpaired) electrons. The van der Waals surface area contributed by atoms with E-state index in [4.69, 9.17) is 12.8 Å². The molecule has 0 spiro atoms. The van der Waals surface area contributed by atoms with E-state index in [1.165, 1.54) is 30.5 Å². The summed E-state index contributed by atoms with van der Waals surface area (Å²) in [5.74, 6) is 3.78. The highest BCUT2D eigenvalue weighted by Gasteiger charge is 2.21. The van der Waals surface area contributed by atoms with Crippen LogP contribution in [0.4, 0.5) is 21.5 Å². The molecule has 0 unspecified atom stereocenters. The molecule has 0 atom stereocenters. The topological polar surface area (TPSA) is 65.0 Å². The lowest BCUT2D eigenvalue weighted by molar-refractivity contribution is -0.106. The number of terminal acetylenes is 2. The summed E-state index contributed by atoms with van der Waals surface area (Å²) in [6, 6.07) is 15.5. The number of carbonyl (C=O) groups is 2. The number of hydrazone groups is 1. The van der Waals surface area contributed by atoms with Gasteiger partial charge in [0.05, 0.1) is 23.2 Å². The molecule has 1 N–H and O–H groups in total.